The van der Waals surface area contributed by atoms with Crippen LogP contribution in [-0.2, 0) is 0 Å². The molecule has 0 aromatic heterocycles. The Labute approximate surface area is 120 Å². The summed E-state index contributed by atoms with van der Waals surface area (Å²) >= 11 is 5.98. The molecule has 2 atom stereocenters. The molecule has 106 valence electrons. The molecule has 2 unspecified atom stereocenters. The van der Waals surface area contributed by atoms with Crippen molar-refractivity contribution >= 4 is 11.6 Å². The van der Waals surface area contributed by atoms with Crippen LogP contribution in [0.15, 0.2) is 24.3 Å². The van der Waals surface area contributed by atoms with Crippen molar-refractivity contribution < 1.29 is 5.11 Å². The lowest BCUT2D eigenvalue weighted by molar-refractivity contribution is 0.121. The van der Waals surface area contributed by atoms with Gasteiger partial charge >= 0.3 is 0 Å². The third kappa shape index (κ3) is 4.77. The van der Waals surface area contributed by atoms with Crippen LogP contribution in [0.5, 0.6) is 0 Å². The molecule has 1 heterocycles. The number of hydrogen-bond donors (Lipinski definition) is 2. The summed E-state index contributed by atoms with van der Waals surface area (Å²) in [5, 5.41) is 14.1. The van der Waals surface area contributed by atoms with E-state index in [0.717, 1.165) is 30.2 Å². The highest BCUT2D eigenvalue weighted by Gasteiger charge is 2.16. The van der Waals surface area contributed by atoms with Crippen molar-refractivity contribution in [2.45, 2.75) is 31.9 Å². The highest BCUT2D eigenvalue weighted by Crippen LogP contribution is 2.17. The molecule has 3 nitrogen and oxygen atoms in total. The van der Waals surface area contributed by atoms with Crippen molar-refractivity contribution in [1.29, 1.82) is 0 Å². The van der Waals surface area contributed by atoms with E-state index in [1.807, 2.05) is 18.2 Å². The molecule has 19 heavy (non-hydrogen) atoms. The minimum Gasteiger partial charge on any atom is -0.390 e. The third-order valence-electron chi connectivity index (χ3n) is 3.68. The molecule has 1 fully saturated rings. The average Bonchev–Trinajstić information content (AvgIpc) is 2.88. The van der Waals surface area contributed by atoms with Gasteiger partial charge in [0.05, 0.1) is 6.10 Å². The average molecular weight is 283 g/mol. The maximum Gasteiger partial charge on any atom is 0.0791 e. The van der Waals surface area contributed by atoms with Crippen molar-refractivity contribution in [2.75, 3.05) is 26.2 Å². The number of halogens is 1. The Morgan fingerprint density at radius 2 is 2.11 bits per heavy atom. The zero-order valence-electron chi connectivity index (χ0n) is 11.5. The quantitative estimate of drug-likeness (QED) is 0.841. The summed E-state index contributed by atoms with van der Waals surface area (Å²) in [6.45, 7) is 5.73. The SMILES string of the molecule is CC(NCC(O)CN1CCCC1)c1cccc(Cl)c1. The molecule has 0 spiro atoms. The topological polar surface area (TPSA) is 35.5 Å². The standard InChI is InChI=1S/C15H23ClN2O/c1-12(13-5-4-6-14(16)9-13)17-10-15(19)11-18-7-2-3-8-18/h4-6,9,12,15,17,19H,2-3,7-8,10-11H2,1H3. The zero-order chi connectivity index (χ0) is 13.7. The number of β-amino-alcohol motifs (C(OH)–C–C–N with tert-alkyl or cyclic N) is 1. The van der Waals surface area contributed by atoms with E-state index in [0.29, 0.717) is 6.54 Å². The summed E-state index contributed by atoms with van der Waals surface area (Å²) in [4.78, 5) is 2.33. The Morgan fingerprint density at radius 1 is 1.37 bits per heavy atom. The molecule has 1 aliphatic heterocycles. The van der Waals surface area contributed by atoms with Crippen LogP contribution in [-0.4, -0.2) is 42.3 Å². The molecular formula is C15H23ClN2O. The van der Waals surface area contributed by atoms with Gasteiger partial charge in [-0.25, -0.2) is 0 Å². The monoisotopic (exact) mass is 282 g/mol. The van der Waals surface area contributed by atoms with E-state index < -0.39 is 0 Å². The highest BCUT2D eigenvalue weighted by molar-refractivity contribution is 6.30. The van der Waals surface area contributed by atoms with Gasteiger partial charge in [0.25, 0.3) is 0 Å². The van der Waals surface area contributed by atoms with E-state index in [1.165, 1.54) is 12.8 Å². The second kappa shape index (κ2) is 7.25. The molecule has 4 heteroatoms. The summed E-state index contributed by atoms with van der Waals surface area (Å²) < 4.78 is 0. The number of nitrogens with zero attached hydrogens (tertiary/aromatic N) is 1. The number of aliphatic hydroxyl groups excluding tert-OH is 1. The van der Waals surface area contributed by atoms with E-state index in [-0.39, 0.29) is 12.1 Å². The van der Waals surface area contributed by atoms with Gasteiger partial charge in [-0.3, -0.25) is 0 Å². The summed E-state index contributed by atoms with van der Waals surface area (Å²) in [7, 11) is 0. The van der Waals surface area contributed by atoms with Gasteiger partial charge in [0.2, 0.25) is 0 Å². The second-order valence-corrected chi connectivity index (χ2v) is 5.78. The summed E-state index contributed by atoms with van der Waals surface area (Å²) in [6.07, 6.45) is 2.22. The van der Waals surface area contributed by atoms with Crippen LogP contribution < -0.4 is 5.32 Å². The van der Waals surface area contributed by atoms with Gasteiger partial charge in [0, 0.05) is 24.2 Å². The first kappa shape index (κ1) is 14.8. The lowest BCUT2D eigenvalue weighted by Crippen LogP contribution is -2.37. The maximum absolute atomic E-state index is 10.0. The van der Waals surface area contributed by atoms with Crippen LogP contribution >= 0.6 is 11.6 Å². The minimum atomic E-state index is -0.306. The van der Waals surface area contributed by atoms with Crippen LogP contribution in [0, 0.1) is 0 Å². The van der Waals surface area contributed by atoms with Crippen LogP contribution in [0.4, 0.5) is 0 Å². The molecule has 0 aliphatic carbocycles. The van der Waals surface area contributed by atoms with E-state index in [1.54, 1.807) is 0 Å². The molecular weight excluding hydrogens is 260 g/mol. The van der Waals surface area contributed by atoms with E-state index in [2.05, 4.69) is 23.2 Å². The Kier molecular flexibility index (Phi) is 5.64. The van der Waals surface area contributed by atoms with Crippen LogP contribution in [0.2, 0.25) is 5.02 Å². The molecule has 2 rings (SSSR count). The number of rotatable bonds is 6. The second-order valence-electron chi connectivity index (χ2n) is 5.35. The number of hydrogen-bond acceptors (Lipinski definition) is 3. The fraction of sp³-hybridized carbons (Fsp3) is 0.600. The molecule has 0 amide bonds. The number of nitrogens with one attached hydrogen (secondary N) is 1. The van der Waals surface area contributed by atoms with Crippen LogP contribution in [0.25, 0.3) is 0 Å². The predicted molar refractivity (Wildman–Crippen MR) is 79.6 cm³/mol. The van der Waals surface area contributed by atoms with Crippen LogP contribution in [0.3, 0.4) is 0 Å². The van der Waals surface area contributed by atoms with E-state index in [9.17, 15) is 5.11 Å². The maximum atomic E-state index is 10.0. The van der Waals surface area contributed by atoms with Crippen molar-refractivity contribution in [3.05, 3.63) is 34.9 Å². The normalized spacial score (nSPS) is 19.5. The Hall–Kier alpha value is -0.610. The predicted octanol–water partition coefficient (Wildman–Crippen LogP) is 2.45. The van der Waals surface area contributed by atoms with Crippen molar-refractivity contribution in [3.63, 3.8) is 0 Å². The molecule has 0 bridgehead atoms. The third-order valence-corrected chi connectivity index (χ3v) is 3.91. The largest absolute Gasteiger partial charge is 0.390 e. The fourth-order valence-electron chi connectivity index (χ4n) is 2.53. The lowest BCUT2D eigenvalue weighted by Gasteiger charge is -2.22. The summed E-state index contributed by atoms with van der Waals surface area (Å²) in [5.41, 5.74) is 1.15. The summed E-state index contributed by atoms with van der Waals surface area (Å²) in [5.74, 6) is 0. The van der Waals surface area contributed by atoms with E-state index in [4.69, 9.17) is 11.6 Å². The summed E-state index contributed by atoms with van der Waals surface area (Å²) in [6, 6.07) is 8.05. The molecule has 2 N–H and O–H groups in total. The molecule has 0 saturated carbocycles. The van der Waals surface area contributed by atoms with Gasteiger partial charge in [-0.05, 0) is 50.6 Å². The Bertz CT molecular complexity index is 393. The fourth-order valence-corrected chi connectivity index (χ4v) is 2.73. The van der Waals surface area contributed by atoms with Gasteiger partial charge in [-0.15, -0.1) is 0 Å². The van der Waals surface area contributed by atoms with Crippen molar-refractivity contribution in [1.82, 2.24) is 10.2 Å². The van der Waals surface area contributed by atoms with Crippen LogP contribution in [0.1, 0.15) is 31.4 Å². The van der Waals surface area contributed by atoms with Gasteiger partial charge in [0.15, 0.2) is 0 Å². The highest BCUT2D eigenvalue weighted by atomic mass is 35.5. The molecule has 1 aliphatic rings. The lowest BCUT2D eigenvalue weighted by atomic mass is 10.1. The first-order valence-corrected chi connectivity index (χ1v) is 7.42. The van der Waals surface area contributed by atoms with Gasteiger partial charge in [-0.2, -0.15) is 0 Å². The number of aliphatic hydroxyl groups is 1. The first-order valence-electron chi connectivity index (χ1n) is 7.04. The van der Waals surface area contributed by atoms with Gasteiger partial charge < -0.3 is 15.3 Å². The van der Waals surface area contributed by atoms with Crippen molar-refractivity contribution in [3.8, 4) is 0 Å². The van der Waals surface area contributed by atoms with Crippen molar-refractivity contribution in [2.24, 2.45) is 0 Å². The minimum absolute atomic E-state index is 0.201. The zero-order valence-corrected chi connectivity index (χ0v) is 12.2. The first-order chi connectivity index (χ1) is 9.15. The Morgan fingerprint density at radius 3 is 2.79 bits per heavy atom. The van der Waals surface area contributed by atoms with Gasteiger partial charge in [-0.1, -0.05) is 23.7 Å². The molecule has 1 aromatic rings. The molecule has 1 saturated heterocycles. The molecule has 1 aromatic carbocycles. The van der Waals surface area contributed by atoms with Gasteiger partial charge in [0.1, 0.15) is 0 Å². The number of likely N-dealkylation sites (tertiary alicyclic amines) is 1. The number of benzene rings is 1. The van der Waals surface area contributed by atoms with E-state index >= 15 is 0 Å². The Balaban J connectivity index is 1.74. The molecule has 0 radical (unpaired) electrons. The smallest absolute Gasteiger partial charge is 0.0791 e.